The molecule has 6 nitrogen and oxygen atoms in total. The zero-order valence-corrected chi connectivity index (χ0v) is 27.8. The van der Waals surface area contributed by atoms with Crippen molar-refractivity contribution < 1.29 is 19.9 Å². The van der Waals surface area contributed by atoms with Crippen LogP contribution in [0.15, 0.2) is 58.8 Å². The van der Waals surface area contributed by atoms with Crippen molar-refractivity contribution in [2.45, 2.75) is 142 Å². The molecule has 0 aliphatic rings. The molecule has 0 saturated carbocycles. The van der Waals surface area contributed by atoms with Crippen LogP contribution in [-0.4, -0.2) is 35.1 Å². The van der Waals surface area contributed by atoms with Crippen LogP contribution in [0.4, 0.5) is 0 Å². The van der Waals surface area contributed by atoms with Crippen molar-refractivity contribution in [3.05, 3.63) is 59.7 Å². The fraction of sp³-hybridized carbons (Fsp3) is 0.632. The molecule has 0 heterocycles. The predicted octanol–water partition coefficient (Wildman–Crippen LogP) is 11.3. The summed E-state index contributed by atoms with van der Waals surface area (Å²) in [6.07, 6.45) is 25.9. The molecule has 0 aliphatic carbocycles. The molecule has 0 aliphatic heterocycles. The van der Waals surface area contributed by atoms with Gasteiger partial charge in [0.2, 0.25) is 0 Å². The molecule has 0 amide bonds. The zero-order valence-electron chi connectivity index (χ0n) is 27.8. The Morgan fingerprint density at radius 2 is 0.705 bits per heavy atom. The topological polar surface area (TPSA) is 83.6 Å². The minimum Gasteiger partial charge on any atom is -0.494 e. The van der Waals surface area contributed by atoms with Crippen LogP contribution in [0.1, 0.15) is 153 Å². The predicted molar refractivity (Wildman–Crippen MR) is 184 cm³/mol. The van der Waals surface area contributed by atoms with Gasteiger partial charge in [-0.05, 0) is 61.4 Å². The Morgan fingerprint density at radius 3 is 0.977 bits per heavy atom. The molecule has 0 atom stereocenters. The van der Waals surface area contributed by atoms with Crippen molar-refractivity contribution in [1.29, 1.82) is 0 Å². The summed E-state index contributed by atoms with van der Waals surface area (Å²) >= 11 is 0. The van der Waals surface area contributed by atoms with Gasteiger partial charge in [-0.25, -0.2) is 0 Å². The second-order valence-corrected chi connectivity index (χ2v) is 12.0. The Labute approximate surface area is 267 Å². The van der Waals surface area contributed by atoms with Gasteiger partial charge in [0.1, 0.15) is 22.9 Å². The highest BCUT2D eigenvalue weighted by atomic mass is 16.5. The van der Waals surface area contributed by atoms with Crippen molar-refractivity contribution in [3.63, 3.8) is 0 Å². The number of nitrogens with zero attached hydrogens (tertiary/aromatic N) is 2. The zero-order chi connectivity index (χ0) is 31.5. The van der Waals surface area contributed by atoms with Crippen LogP contribution >= 0.6 is 0 Å². The van der Waals surface area contributed by atoms with Crippen LogP contribution < -0.4 is 9.47 Å². The van der Waals surface area contributed by atoms with E-state index in [9.17, 15) is 10.4 Å². The Bertz CT molecular complexity index is 935. The number of ether oxygens (including phenoxy) is 2. The van der Waals surface area contributed by atoms with Crippen LogP contribution in [0.25, 0.3) is 0 Å². The fourth-order valence-electron chi connectivity index (χ4n) is 5.46. The van der Waals surface area contributed by atoms with E-state index in [2.05, 4.69) is 24.2 Å². The molecule has 2 aromatic carbocycles. The van der Waals surface area contributed by atoms with E-state index in [4.69, 9.17) is 9.47 Å². The Balaban J connectivity index is 1.68. The van der Waals surface area contributed by atoms with Crippen LogP contribution in [0, 0.1) is 0 Å². The molecule has 0 radical (unpaired) electrons. The number of hydrogen-bond donors (Lipinski definition) is 2. The summed E-state index contributed by atoms with van der Waals surface area (Å²) in [7, 11) is 0. The minimum absolute atomic E-state index is 0.188. The maximum absolute atomic E-state index is 9.79. The molecule has 6 heteroatoms. The van der Waals surface area contributed by atoms with Gasteiger partial charge in [0.15, 0.2) is 0 Å². The molecule has 2 N–H and O–H groups in total. The lowest BCUT2D eigenvalue weighted by atomic mass is 10.00. The standard InChI is InChI=1S/C38H60N2O4/c1-3-5-7-9-11-13-15-17-19-21-31-43-35-27-23-33(24-28-35)37(39-41)38(40-42)34-25-29-36(30-26-34)44-32-22-20-18-16-14-12-10-8-6-4-2/h23-30,41-42H,3-22,31-32H2,1-2H3/b39-37-,40-38+. The summed E-state index contributed by atoms with van der Waals surface area (Å²) in [6.45, 7) is 5.90. The van der Waals surface area contributed by atoms with Crippen molar-refractivity contribution in [3.8, 4) is 11.5 Å². The molecule has 0 spiro atoms. The summed E-state index contributed by atoms with van der Waals surface area (Å²) in [5.41, 5.74) is 1.64. The summed E-state index contributed by atoms with van der Waals surface area (Å²) in [6, 6.07) is 14.7. The number of benzene rings is 2. The number of rotatable bonds is 27. The van der Waals surface area contributed by atoms with Gasteiger partial charge >= 0.3 is 0 Å². The minimum atomic E-state index is 0.188. The maximum atomic E-state index is 9.79. The second kappa shape index (κ2) is 25.3. The van der Waals surface area contributed by atoms with Crippen molar-refractivity contribution >= 4 is 11.4 Å². The lowest BCUT2D eigenvalue weighted by Gasteiger charge is -2.11. The van der Waals surface area contributed by atoms with Gasteiger partial charge < -0.3 is 19.9 Å². The summed E-state index contributed by atoms with van der Waals surface area (Å²) in [5, 5.41) is 26.5. The summed E-state index contributed by atoms with van der Waals surface area (Å²) < 4.78 is 11.8. The first-order chi connectivity index (χ1) is 21.7. The van der Waals surface area contributed by atoms with Gasteiger partial charge in [-0.3, -0.25) is 0 Å². The molecule has 44 heavy (non-hydrogen) atoms. The quantitative estimate of drug-likeness (QED) is 0.0457. The normalized spacial score (nSPS) is 12.0. The molecule has 0 saturated heterocycles. The lowest BCUT2D eigenvalue weighted by Crippen LogP contribution is -2.17. The molecule has 0 fully saturated rings. The van der Waals surface area contributed by atoms with Gasteiger partial charge in [-0.15, -0.1) is 0 Å². The Kier molecular flexibility index (Phi) is 21.4. The van der Waals surface area contributed by atoms with Crippen LogP contribution in [-0.2, 0) is 0 Å². The number of hydrogen-bond acceptors (Lipinski definition) is 6. The van der Waals surface area contributed by atoms with E-state index in [1.807, 2.05) is 48.5 Å². The highest BCUT2D eigenvalue weighted by Crippen LogP contribution is 2.19. The van der Waals surface area contributed by atoms with Crippen molar-refractivity contribution in [2.75, 3.05) is 13.2 Å². The average Bonchev–Trinajstić information content (AvgIpc) is 3.05. The third-order valence-corrected chi connectivity index (χ3v) is 8.21. The van der Waals surface area contributed by atoms with E-state index < -0.39 is 0 Å². The van der Waals surface area contributed by atoms with Gasteiger partial charge in [-0.1, -0.05) is 140 Å². The molecular formula is C38H60N2O4. The van der Waals surface area contributed by atoms with Crippen LogP contribution in [0.5, 0.6) is 11.5 Å². The Morgan fingerprint density at radius 1 is 0.432 bits per heavy atom. The van der Waals surface area contributed by atoms with Gasteiger partial charge in [0.25, 0.3) is 0 Å². The third-order valence-electron chi connectivity index (χ3n) is 8.21. The molecule has 0 bridgehead atoms. The SMILES string of the molecule is CCCCCCCCCCCCOc1ccc(C(=N/O)/C(=N/O)c2ccc(OCCCCCCCCCCCC)cc2)cc1. The van der Waals surface area contributed by atoms with Crippen LogP contribution in [0.3, 0.4) is 0 Å². The van der Waals surface area contributed by atoms with E-state index >= 15 is 0 Å². The number of unbranched alkanes of at least 4 members (excludes halogenated alkanes) is 18. The summed E-state index contributed by atoms with van der Waals surface area (Å²) in [4.78, 5) is 0. The molecule has 246 valence electrons. The van der Waals surface area contributed by atoms with Gasteiger partial charge in [-0.2, -0.15) is 0 Å². The molecule has 0 aromatic heterocycles. The van der Waals surface area contributed by atoms with E-state index in [0.717, 1.165) is 24.3 Å². The fourth-order valence-corrected chi connectivity index (χ4v) is 5.46. The smallest absolute Gasteiger partial charge is 0.139 e. The molecule has 2 rings (SSSR count). The third kappa shape index (κ3) is 16.2. The van der Waals surface area contributed by atoms with Crippen molar-refractivity contribution in [2.24, 2.45) is 10.3 Å². The second-order valence-electron chi connectivity index (χ2n) is 12.0. The lowest BCUT2D eigenvalue weighted by molar-refractivity contribution is 0.304. The maximum Gasteiger partial charge on any atom is 0.139 e. The van der Waals surface area contributed by atoms with Gasteiger partial charge in [0, 0.05) is 11.1 Å². The van der Waals surface area contributed by atoms with Crippen LogP contribution in [0.2, 0.25) is 0 Å². The van der Waals surface area contributed by atoms with E-state index in [0.29, 0.717) is 24.3 Å². The Hall–Kier alpha value is -3.02. The van der Waals surface area contributed by atoms with Gasteiger partial charge in [0.05, 0.1) is 13.2 Å². The number of oxime groups is 2. The summed E-state index contributed by atoms with van der Waals surface area (Å²) in [5.74, 6) is 1.54. The van der Waals surface area contributed by atoms with E-state index in [1.165, 1.54) is 116 Å². The van der Waals surface area contributed by atoms with Crippen molar-refractivity contribution in [1.82, 2.24) is 0 Å². The molecular weight excluding hydrogens is 548 g/mol. The average molecular weight is 609 g/mol. The molecule has 0 unspecified atom stereocenters. The highest BCUT2D eigenvalue weighted by molar-refractivity contribution is 6.53. The van der Waals surface area contributed by atoms with E-state index in [1.54, 1.807) is 0 Å². The van der Waals surface area contributed by atoms with E-state index in [-0.39, 0.29) is 11.4 Å². The highest BCUT2D eigenvalue weighted by Gasteiger charge is 2.16. The first kappa shape index (κ1) is 37.2. The monoisotopic (exact) mass is 608 g/mol. The first-order valence-electron chi connectivity index (χ1n) is 17.6. The largest absolute Gasteiger partial charge is 0.494 e. The molecule has 2 aromatic rings. The first-order valence-corrected chi connectivity index (χ1v) is 17.6.